The Bertz CT molecular complexity index is 1590. The minimum Gasteiger partial charge on any atom is -0.494 e. The summed E-state index contributed by atoms with van der Waals surface area (Å²) in [6, 6.07) is 5.09. The number of anilines is 1. The number of ether oxygens (including phenoxy) is 4. The fraction of sp³-hybridized carbons (Fsp3) is 0.548. The molecule has 1 fully saturated rings. The number of aromatic amines is 1. The third-order valence-electron chi connectivity index (χ3n) is 7.51. The topological polar surface area (TPSA) is 183 Å². The van der Waals surface area contributed by atoms with Crippen molar-refractivity contribution in [1.29, 1.82) is 0 Å². The summed E-state index contributed by atoms with van der Waals surface area (Å²) in [7, 11) is 0. The smallest absolute Gasteiger partial charge is 0.330 e. The van der Waals surface area contributed by atoms with Gasteiger partial charge < -0.3 is 24.7 Å². The number of aryl methyl sites for hydroxylation is 2. The van der Waals surface area contributed by atoms with Crippen molar-refractivity contribution in [3.05, 3.63) is 68.5 Å². The molecule has 46 heavy (non-hydrogen) atoms. The Balaban J connectivity index is 1.21. The molecule has 1 aliphatic heterocycles. The second-order valence-corrected chi connectivity index (χ2v) is 11.2. The van der Waals surface area contributed by atoms with Crippen molar-refractivity contribution < 1.29 is 32.9 Å². The molecule has 0 aliphatic carbocycles. The van der Waals surface area contributed by atoms with Crippen LogP contribution in [0, 0.1) is 5.82 Å². The van der Waals surface area contributed by atoms with Gasteiger partial charge in [-0.2, -0.15) is 4.39 Å². The molecule has 1 saturated heterocycles. The van der Waals surface area contributed by atoms with Crippen LogP contribution in [0.3, 0.4) is 0 Å². The lowest BCUT2D eigenvalue weighted by atomic mass is 10.1. The number of aromatic nitrogens is 5. The molecule has 0 saturated carbocycles. The Hall–Kier alpha value is -4.53. The van der Waals surface area contributed by atoms with Gasteiger partial charge in [0, 0.05) is 31.8 Å². The number of esters is 2. The van der Waals surface area contributed by atoms with Crippen LogP contribution in [0.5, 0.6) is 5.75 Å². The average molecular weight is 645 g/mol. The zero-order valence-corrected chi connectivity index (χ0v) is 26.1. The van der Waals surface area contributed by atoms with E-state index in [4.69, 9.17) is 24.7 Å². The van der Waals surface area contributed by atoms with E-state index in [0.717, 1.165) is 61.8 Å². The van der Waals surface area contributed by atoms with Crippen molar-refractivity contribution in [1.82, 2.24) is 24.5 Å². The lowest BCUT2D eigenvalue weighted by Gasteiger charge is -2.18. The van der Waals surface area contributed by atoms with Gasteiger partial charge in [0.15, 0.2) is 0 Å². The molecule has 0 spiro atoms. The van der Waals surface area contributed by atoms with Crippen LogP contribution in [0.25, 0.3) is 0 Å². The predicted molar refractivity (Wildman–Crippen MR) is 163 cm³/mol. The van der Waals surface area contributed by atoms with Crippen molar-refractivity contribution in [2.24, 2.45) is 0 Å². The number of carbonyl (C=O) groups is 2. The summed E-state index contributed by atoms with van der Waals surface area (Å²) in [6.45, 7) is 4.40. The number of nitrogen functional groups attached to an aromatic ring is 1. The lowest BCUT2D eigenvalue weighted by molar-refractivity contribution is -0.156. The van der Waals surface area contributed by atoms with E-state index in [1.807, 2.05) is 15.9 Å². The second-order valence-electron chi connectivity index (χ2n) is 11.2. The molecule has 0 amide bonds. The van der Waals surface area contributed by atoms with Crippen LogP contribution >= 0.6 is 0 Å². The first kappa shape index (κ1) is 34.3. The lowest BCUT2D eigenvalue weighted by Crippen LogP contribution is -2.34. The summed E-state index contributed by atoms with van der Waals surface area (Å²) in [5, 5.41) is 8.40. The van der Waals surface area contributed by atoms with Crippen molar-refractivity contribution >= 4 is 17.6 Å². The summed E-state index contributed by atoms with van der Waals surface area (Å²) in [6.07, 6.45) is 6.79. The molecule has 0 bridgehead atoms. The van der Waals surface area contributed by atoms with Gasteiger partial charge in [0.05, 0.1) is 24.9 Å². The summed E-state index contributed by atoms with van der Waals surface area (Å²) in [5.41, 5.74) is 5.98. The molecule has 4 rings (SSSR count). The predicted octanol–water partition coefficient (Wildman–Crippen LogP) is 2.84. The van der Waals surface area contributed by atoms with Gasteiger partial charge in [0.2, 0.25) is 5.82 Å². The second kappa shape index (κ2) is 16.7. The highest BCUT2D eigenvalue weighted by molar-refractivity contribution is 5.75. The van der Waals surface area contributed by atoms with Gasteiger partial charge in [-0.05, 0) is 55.9 Å². The Morgan fingerprint density at radius 3 is 2.74 bits per heavy atom. The molecule has 250 valence electrons. The third-order valence-corrected chi connectivity index (χ3v) is 7.51. The number of nitrogens with zero attached hydrogens (tertiary/aromatic N) is 4. The van der Waals surface area contributed by atoms with Crippen molar-refractivity contribution in [3.63, 3.8) is 0 Å². The number of nitrogens with one attached hydrogen (secondary N) is 1. The van der Waals surface area contributed by atoms with Gasteiger partial charge >= 0.3 is 17.6 Å². The molecule has 1 aromatic carbocycles. The van der Waals surface area contributed by atoms with Crippen LogP contribution in [0.1, 0.15) is 76.3 Å². The van der Waals surface area contributed by atoms with E-state index >= 15 is 0 Å². The normalized spacial score (nSPS) is 17.6. The first-order valence-electron chi connectivity index (χ1n) is 15.5. The molecule has 1 aliphatic rings. The van der Waals surface area contributed by atoms with Gasteiger partial charge in [-0.3, -0.25) is 28.6 Å². The zero-order valence-electron chi connectivity index (χ0n) is 26.1. The number of H-pyrrole nitrogens is 1. The highest BCUT2D eigenvalue weighted by atomic mass is 19.1. The minimum atomic E-state index is -1.18. The molecule has 0 unspecified atom stereocenters. The fourth-order valence-electron chi connectivity index (χ4n) is 5.08. The maximum Gasteiger partial charge on any atom is 0.330 e. The van der Waals surface area contributed by atoms with Crippen LogP contribution in [0.4, 0.5) is 10.1 Å². The summed E-state index contributed by atoms with van der Waals surface area (Å²) >= 11 is 0. The molecular formula is C31H41FN6O8. The van der Waals surface area contributed by atoms with E-state index < -0.39 is 47.4 Å². The minimum absolute atomic E-state index is 0.0265. The van der Waals surface area contributed by atoms with Crippen molar-refractivity contribution in [3.8, 4) is 5.75 Å². The van der Waals surface area contributed by atoms with Gasteiger partial charge in [-0.25, -0.2) is 4.79 Å². The molecule has 15 heteroatoms. The third kappa shape index (κ3) is 9.99. The van der Waals surface area contributed by atoms with E-state index in [9.17, 15) is 23.6 Å². The number of carbonyl (C=O) groups excluding carboxylic acids is 2. The fourth-order valence-corrected chi connectivity index (χ4v) is 5.08. The number of benzene rings is 1. The van der Waals surface area contributed by atoms with Gasteiger partial charge in [0.1, 0.15) is 30.8 Å². The quantitative estimate of drug-likeness (QED) is 0.125. The van der Waals surface area contributed by atoms with Crippen LogP contribution in [0.2, 0.25) is 0 Å². The maximum absolute atomic E-state index is 13.8. The molecule has 3 aromatic rings. The van der Waals surface area contributed by atoms with E-state index in [0.29, 0.717) is 29.8 Å². The first-order chi connectivity index (χ1) is 22.1. The van der Waals surface area contributed by atoms with E-state index in [-0.39, 0.29) is 19.4 Å². The van der Waals surface area contributed by atoms with Gasteiger partial charge in [-0.15, -0.1) is 5.10 Å². The average Bonchev–Trinajstić information content (AvgIpc) is 3.64. The monoisotopic (exact) mass is 644 g/mol. The summed E-state index contributed by atoms with van der Waals surface area (Å²) < 4.78 is 38.9. The maximum atomic E-state index is 13.8. The molecule has 3 N–H and O–H groups in total. The van der Waals surface area contributed by atoms with E-state index in [1.54, 1.807) is 18.2 Å². The largest absolute Gasteiger partial charge is 0.494 e. The van der Waals surface area contributed by atoms with Crippen LogP contribution in [-0.4, -0.2) is 61.9 Å². The van der Waals surface area contributed by atoms with Gasteiger partial charge in [0.25, 0.3) is 5.56 Å². The number of hydrogen-bond acceptors (Lipinski definition) is 11. The molecule has 3 atom stereocenters. The summed E-state index contributed by atoms with van der Waals surface area (Å²) in [5.74, 6) is -1.83. The number of unbranched alkanes of at least 4 members (excludes halogenated alkanes) is 4. The zero-order chi connectivity index (χ0) is 33.1. The molecule has 0 radical (unpaired) electrons. The molecule has 3 heterocycles. The number of rotatable bonds is 17. The van der Waals surface area contributed by atoms with E-state index in [2.05, 4.69) is 17.2 Å². The van der Waals surface area contributed by atoms with Crippen LogP contribution in [0.15, 0.2) is 40.2 Å². The number of nitrogens with two attached hydrogens (primary N) is 1. The Labute approximate surface area is 265 Å². The molecule has 2 aromatic heterocycles. The molecule has 14 nitrogen and oxygen atoms in total. The van der Waals surface area contributed by atoms with Crippen molar-refractivity contribution in [2.75, 3.05) is 18.9 Å². The first-order valence-corrected chi connectivity index (χ1v) is 15.5. The highest BCUT2D eigenvalue weighted by Gasteiger charge is 2.40. The Kier molecular flexibility index (Phi) is 12.5. The number of halogens is 1. The Morgan fingerprint density at radius 2 is 1.96 bits per heavy atom. The van der Waals surface area contributed by atoms with Gasteiger partial charge in [-0.1, -0.05) is 25.0 Å². The molecular weight excluding hydrogens is 603 g/mol. The van der Waals surface area contributed by atoms with E-state index in [1.165, 1.54) is 6.92 Å². The van der Waals surface area contributed by atoms with Crippen molar-refractivity contribution in [2.45, 2.75) is 96.6 Å². The standard InChI is InChI=1S/C31H41FN6O8/c1-3-4-9-22-17-37(36-35-22)12-7-5-6-8-13-43-23-10-11-25(33)21(14-23)15-29(40)44-19-27-26(45-20(2)39)16-28(46-27)38-18-24(32)30(41)34-31(38)42/h10-11,14,17-18,26-28H,3-9,12-13,15-16,19,33H2,1-2H3,(H,34,41,42)/t26-,27+,28+/m0/s1. The summed E-state index contributed by atoms with van der Waals surface area (Å²) in [4.78, 5) is 49.8. The number of hydrogen-bond donors (Lipinski definition) is 2. The highest BCUT2D eigenvalue weighted by Crippen LogP contribution is 2.30. The van der Waals surface area contributed by atoms with Crippen LogP contribution in [-0.2, 0) is 43.2 Å². The SMILES string of the molecule is CCCCc1cn(CCCCCCOc2ccc(N)c(CC(=O)OC[C@H]3O[C@@H](n4cc(F)c(=O)[nH]c4=O)C[C@@H]3OC(C)=O)c2)nn1. The van der Waals surface area contributed by atoms with Crippen LogP contribution < -0.4 is 21.7 Å². The Morgan fingerprint density at radius 1 is 1.15 bits per heavy atom.